The molecule has 1 heterocycles. The van der Waals surface area contributed by atoms with Gasteiger partial charge in [0.15, 0.2) is 0 Å². The number of aryl methyl sites for hydroxylation is 1. The monoisotopic (exact) mass is 216 g/mol. The lowest BCUT2D eigenvalue weighted by Gasteiger charge is -2.16. The molecule has 1 aromatic rings. The molecule has 0 bridgehead atoms. The van der Waals surface area contributed by atoms with E-state index in [4.69, 9.17) is 0 Å². The SMILES string of the molecule is CC#CCC(NCCC)c1cncc(C)c1. The van der Waals surface area contributed by atoms with E-state index in [1.807, 2.05) is 19.3 Å². The molecule has 0 saturated heterocycles. The largest absolute Gasteiger partial charge is 0.309 e. The van der Waals surface area contributed by atoms with Gasteiger partial charge in [-0.25, -0.2) is 0 Å². The van der Waals surface area contributed by atoms with Gasteiger partial charge in [-0.15, -0.1) is 11.8 Å². The zero-order valence-electron chi connectivity index (χ0n) is 10.4. The fraction of sp³-hybridized carbons (Fsp3) is 0.500. The first-order valence-electron chi connectivity index (χ1n) is 5.82. The minimum Gasteiger partial charge on any atom is -0.309 e. The Kier molecular flexibility index (Phi) is 5.60. The second kappa shape index (κ2) is 7.03. The van der Waals surface area contributed by atoms with E-state index in [-0.39, 0.29) is 0 Å². The van der Waals surface area contributed by atoms with Crippen LogP contribution in [-0.2, 0) is 0 Å². The van der Waals surface area contributed by atoms with Gasteiger partial charge in [0.2, 0.25) is 0 Å². The van der Waals surface area contributed by atoms with Gasteiger partial charge in [-0.1, -0.05) is 13.0 Å². The van der Waals surface area contributed by atoms with Crippen LogP contribution in [0.5, 0.6) is 0 Å². The summed E-state index contributed by atoms with van der Waals surface area (Å²) in [6.07, 6.45) is 5.79. The van der Waals surface area contributed by atoms with Crippen LogP contribution in [0.15, 0.2) is 18.5 Å². The number of hydrogen-bond donors (Lipinski definition) is 1. The maximum absolute atomic E-state index is 4.23. The second-order valence-electron chi connectivity index (χ2n) is 3.93. The first-order chi connectivity index (χ1) is 7.77. The summed E-state index contributed by atoms with van der Waals surface area (Å²) in [4.78, 5) is 4.23. The molecular weight excluding hydrogens is 196 g/mol. The number of pyridine rings is 1. The Morgan fingerprint density at radius 3 is 2.88 bits per heavy atom. The standard InChI is InChI=1S/C14H20N2/c1-4-6-7-14(16-8-5-2)13-9-12(3)10-15-11-13/h9-11,14,16H,5,7-8H2,1-3H3. The normalized spacial score (nSPS) is 11.7. The molecule has 0 aliphatic carbocycles. The third-order valence-corrected chi connectivity index (χ3v) is 2.42. The lowest BCUT2D eigenvalue weighted by Crippen LogP contribution is -2.22. The maximum Gasteiger partial charge on any atom is 0.0446 e. The summed E-state index contributed by atoms with van der Waals surface area (Å²) in [5, 5.41) is 3.51. The summed E-state index contributed by atoms with van der Waals surface area (Å²) in [6, 6.07) is 2.48. The smallest absolute Gasteiger partial charge is 0.0446 e. The molecule has 0 radical (unpaired) electrons. The fourth-order valence-corrected chi connectivity index (χ4v) is 1.60. The first kappa shape index (κ1) is 12.7. The average molecular weight is 216 g/mol. The molecule has 2 heteroatoms. The van der Waals surface area contributed by atoms with E-state index in [2.05, 4.69) is 42.1 Å². The van der Waals surface area contributed by atoms with Crippen LogP contribution < -0.4 is 5.32 Å². The van der Waals surface area contributed by atoms with Crippen LogP contribution in [0.4, 0.5) is 0 Å². The van der Waals surface area contributed by atoms with Crippen LogP contribution in [0.2, 0.25) is 0 Å². The molecule has 2 nitrogen and oxygen atoms in total. The van der Waals surface area contributed by atoms with Gasteiger partial charge in [-0.3, -0.25) is 4.98 Å². The molecule has 86 valence electrons. The highest BCUT2D eigenvalue weighted by Gasteiger charge is 2.09. The molecule has 1 atom stereocenters. The Morgan fingerprint density at radius 1 is 1.44 bits per heavy atom. The number of hydrogen-bond acceptors (Lipinski definition) is 2. The molecule has 0 aliphatic heterocycles. The van der Waals surface area contributed by atoms with E-state index in [0.29, 0.717) is 6.04 Å². The first-order valence-corrected chi connectivity index (χ1v) is 5.82. The highest BCUT2D eigenvalue weighted by Crippen LogP contribution is 2.16. The Bertz CT molecular complexity index is 374. The van der Waals surface area contributed by atoms with E-state index in [1.54, 1.807) is 0 Å². The van der Waals surface area contributed by atoms with Gasteiger partial charge in [0, 0.05) is 24.9 Å². The summed E-state index contributed by atoms with van der Waals surface area (Å²) < 4.78 is 0. The summed E-state index contributed by atoms with van der Waals surface area (Å²) in [6.45, 7) is 7.14. The summed E-state index contributed by atoms with van der Waals surface area (Å²) in [7, 11) is 0. The Labute approximate surface area is 98.5 Å². The lowest BCUT2D eigenvalue weighted by molar-refractivity contribution is 0.540. The van der Waals surface area contributed by atoms with Crippen LogP contribution in [0, 0.1) is 18.8 Å². The number of aromatic nitrogens is 1. The Morgan fingerprint density at radius 2 is 2.25 bits per heavy atom. The van der Waals surface area contributed by atoms with Crippen LogP contribution >= 0.6 is 0 Å². The van der Waals surface area contributed by atoms with Gasteiger partial charge < -0.3 is 5.32 Å². The third-order valence-electron chi connectivity index (χ3n) is 2.42. The van der Waals surface area contributed by atoms with Crippen molar-refractivity contribution in [1.29, 1.82) is 0 Å². The van der Waals surface area contributed by atoms with Gasteiger partial charge >= 0.3 is 0 Å². The highest BCUT2D eigenvalue weighted by atomic mass is 14.9. The van der Waals surface area contributed by atoms with E-state index in [9.17, 15) is 0 Å². The highest BCUT2D eigenvalue weighted by molar-refractivity contribution is 5.21. The van der Waals surface area contributed by atoms with Gasteiger partial charge in [0.1, 0.15) is 0 Å². The van der Waals surface area contributed by atoms with Crippen molar-refractivity contribution in [2.24, 2.45) is 0 Å². The summed E-state index contributed by atoms with van der Waals surface area (Å²) in [5.41, 5.74) is 2.43. The van der Waals surface area contributed by atoms with Crippen molar-refractivity contribution < 1.29 is 0 Å². The molecule has 0 spiro atoms. The molecule has 1 rings (SSSR count). The van der Waals surface area contributed by atoms with Gasteiger partial charge in [0.25, 0.3) is 0 Å². The molecule has 1 aromatic heterocycles. The number of nitrogens with one attached hydrogen (secondary N) is 1. The maximum atomic E-state index is 4.23. The average Bonchev–Trinajstić information content (AvgIpc) is 2.29. The van der Waals surface area contributed by atoms with Crippen molar-refractivity contribution in [2.75, 3.05) is 6.54 Å². The molecule has 1 unspecified atom stereocenters. The third kappa shape index (κ3) is 4.04. The molecular formula is C14H20N2. The van der Waals surface area contributed by atoms with E-state index < -0.39 is 0 Å². The number of rotatable bonds is 5. The predicted octanol–water partition coefficient (Wildman–Crippen LogP) is 2.84. The van der Waals surface area contributed by atoms with Crippen molar-refractivity contribution in [1.82, 2.24) is 10.3 Å². The molecule has 0 amide bonds. The molecule has 0 aromatic carbocycles. The topological polar surface area (TPSA) is 24.9 Å². The van der Waals surface area contributed by atoms with Gasteiger partial charge in [-0.05, 0) is 37.9 Å². The lowest BCUT2D eigenvalue weighted by atomic mass is 10.0. The molecule has 16 heavy (non-hydrogen) atoms. The predicted molar refractivity (Wildman–Crippen MR) is 68.1 cm³/mol. The van der Waals surface area contributed by atoms with Crippen molar-refractivity contribution in [3.05, 3.63) is 29.6 Å². The minimum atomic E-state index is 0.305. The minimum absolute atomic E-state index is 0.305. The fourth-order valence-electron chi connectivity index (χ4n) is 1.60. The van der Waals surface area contributed by atoms with Gasteiger partial charge in [-0.2, -0.15) is 0 Å². The molecule has 1 N–H and O–H groups in total. The van der Waals surface area contributed by atoms with Crippen LogP contribution in [0.1, 0.15) is 43.9 Å². The quantitative estimate of drug-likeness (QED) is 0.766. The van der Waals surface area contributed by atoms with Crippen molar-refractivity contribution in [2.45, 2.75) is 39.7 Å². The molecule has 0 aliphatic rings. The van der Waals surface area contributed by atoms with Crippen molar-refractivity contribution in [3.63, 3.8) is 0 Å². The second-order valence-corrected chi connectivity index (χ2v) is 3.93. The van der Waals surface area contributed by atoms with E-state index >= 15 is 0 Å². The summed E-state index contributed by atoms with van der Waals surface area (Å²) >= 11 is 0. The molecule has 0 saturated carbocycles. The zero-order chi connectivity index (χ0) is 11.8. The molecule has 0 fully saturated rings. The van der Waals surface area contributed by atoms with Crippen molar-refractivity contribution >= 4 is 0 Å². The Hall–Kier alpha value is -1.33. The van der Waals surface area contributed by atoms with Crippen LogP contribution in [0.3, 0.4) is 0 Å². The summed E-state index contributed by atoms with van der Waals surface area (Å²) in [5.74, 6) is 6.08. The zero-order valence-corrected chi connectivity index (χ0v) is 10.4. The van der Waals surface area contributed by atoms with Crippen molar-refractivity contribution in [3.8, 4) is 11.8 Å². The Balaban J connectivity index is 2.76. The van der Waals surface area contributed by atoms with Crippen LogP contribution in [0.25, 0.3) is 0 Å². The van der Waals surface area contributed by atoms with E-state index in [1.165, 1.54) is 11.1 Å². The van der Waals surface area contributed by atoms with Gasteiger partial charge in [0.05, 0.1) is 0 Å². The van der Waals surface area contributed by atoms with Crippen LogP contribution in [-0.4, -0.2) is 11.5 Å². The number of nitrogens with zero attached hydrogens (tertiary/aromatic N) is 1. The van der Waals surface area contributed by atoms with E-state index in [0.717, 1.165) is 19.4 Å².